The Hall–Kier alpha value is 0.600. The molecule has 6 heteroatoms. The van der Waals surface area contributed by atoms with E-state index >= 15 is 0 Å². The zero-order valence-electron chi connectivity index (χ0n) is 2.29. The second kappa shape index (κ2) is 2.72. The summed E-state index contributed by atoms with van der Waals surface area (Å²) in [7, 11) is -4.61. The summed E-state index contributed by atoms with van der Waals surface area (Å²) in [5.74, 6) is 0. The van der Waals surface area contributed by atoms with Crippen molar-refractivity contribution in [2.75, 3.05) is 0 Å². The van der Waals surface area contributed by atoms with Crippen LogP contribution < -0.4 is 0 Å². The molecule has 0 aliphatic heterocycles. The quantitative estimate of drug-likeness (QED) is 0.281. The van der Waals surface area contributed by atoms with Crippen molar-refractivity contribution in [3.8, 4) is 0 Å². The minimum atomic E-state index is -4.61. The summed E-state index contributed by atoms with van der Waals surface area (Å²) in [5.41, 5.74) is 0. The summed E-state index contributed by atoms with van der Waals surface area (Å²) in [6.45, 7) is 0. The fourth-order valence-corrected chi connectivity index (χ4v) is 0. The molecule has 0 saturated carbocycles. The fourth-order valence-electron chi connectivity index (χ4n) is 0. The molecule has 4 N–H and O–H groups in total. The molecule has 40 valence electrons. The van der Waals surface area contributed by atoms with Gasteiger partial charge in [-0.3, -0.25) is 0 Å². The normalized spacial score (nSPS) is 10.0. The Balaban J connectivity index is 0. The molecule has 0 amide bonds. The van der Waals surface area contributed by atoms with E-state index < -0.39 is 9.05 Å². The molecule has 6 heavy (non-hydrogen) atoms. The van der Waals surface area contributed by atoms with E-state index in [1.807, 2.05) is 0 Å². The first-order valence-corrected chi connectivity index (χ1v) is 2.68. The monoisotopic (exact) mass is 174 g/mol. The van der Waals surface area contributed by atoms with E-state index in [1.54, 1.807) is 0 Å². The maximum absolute atomic E-state index is 7.33. The molecule has 0 aliphatic carbocycles. The van der Waals surface area contributed by atoms with Crippen LogP contribution in [0.15, 0.2) is 0 Å². The average molecular weight is 173 g/mol. The van der Waals surface area contributed by atoms with Crippen LogP contribution in [0.5, 0.6) is 0 Å². The van der Waals surface area contributed by atoms with E-state index in [2.05, 4.69) is 0 Å². The Morgan fingerprint density at radius 2 is 0.833 bits per heavy atom. The van der Waals surface area contributed by atoms with Crippen molar-refractivity contribution in [1.82, 2.24) is 0 Å². The molecule has 0 aromatic carbocycles. The SMILES string of the molecule is O[Si](O)(O)O.[GeH4]. The number of hydrogen-bond donors (Lipinski definition) is 4. The summed E-state index contributed by atoms with van der Waals surface area (Å²) in [6, 6.07) is 0. The molecule has 0 spiro atoms. The van der Waals surface area contributed by atoms with Gasteiger partial charge < -0.3 is 19.2 Å². The molecular formula is H8GeO4Si. The second-order valence-corrected chi connectivity index (χ2v) is 1.80. The Labute approximate surface area is 46.5 Å². The van der Waals surface area contributed by atoms with Gasteiger partial charge in [-0.05, 0) is 0 Å². The summed E-state index contributed by atoms with van der Waals surface area (Å²) in [5, 5.41) is 0. The molecular weight excluding hydrogens is 165 g/mol. The van der Waals surface area contributed by atoms with Crippen molar-refractivity contribution in [2.45, 2.75) is 0 Å². The van der Waals surface area contributed by atoms with Crippen molar-refractivity contribution < 1.29 is 19.2 Å². The van der Waals surface area contributed by atoms with Gasteiger partial charge in [0.2, 0.25) is 0 Å². The van der Waals surface area contributed by atoms with Gasteiger partial charge in [0, 0.05) is 0 Å². The topological polar surface area (TPSA) is 80.9 Å². The van der Waals surface area contributed by atoms with Crippen LogP contribution in [-0.4, -0.2) is 45.8 Å². The van der Waals surface area contributed by atoms with Gasteiger partial charge in [-0.25, -0.2) is 0 Å². The first-order chi connectivity index (χ1) is 2.00. The van der Waals surface area contributed by atoms with Crippen LogP contribution in [0.1, 0.15) is 0 Å². The zero-order chi connectivity index (χ0) is 4.50. The molecule has 0 saturated heterocycles. The molecule has 0 fully saturated rings. The summed E-state index contributed by atoms with van der Waals surface area (Å²) in [6.07, 6.45) is 0. The predicted molar refractivity (Wildman–Crippen MR) is 26.0 cm³/mol. The van der Waals surface area contributed by atoms with E-state index in [4.69, 9.17) is 19.2 Å². The molecule has 0 rings (SSSR count). The van der Waals surface area contributed by atoms with E-state index in [0.717, 1.165) is 0 Å². The van der Waals surface area contributed by atoms with Gasteiger partial charge in [0.15, 0.2) is 0 Å². The molecule has 0 bridgehead atoms. The van der Waals surface area contributed by atoms with Gasteiger partial charge in [-0.15, -0.1) is 0 Å². The predicted octanol–water partition coefficient (Wildman–Crippen LogP) is -4.06. The first kappa shape index (κ1) is 9.78. The van der Waals surface area contributed by atoms with Gasteiger partial charge in [0.1, 0.15) is 0 Å². The molecule has 0 radical (unpaired) electrons. The summed E-state index contributed by atoms with van der Waals surface area (Å²) in [4.78, 5) is 29.3. The van der Waals surface area contributed by atoms with E-state index in [1.165, 1.54) is 0 Å². The van der Waals surface area contributed by atoms with Crippen LogP contribution in [0.25, 0.3) is 0 Å². The van der Waals surface area contributed by atoms with Gasteiger partial charge >= 0.3 is 26.6 Å². The van der Waals surface area contributed by atoms with Crippen LogP contribution in [0.3, 0.4) is 0 Å². The van der Waals surface area contributed by atoms with Crippen molar-refractivity contribution in [3.05, 3.63) is 0 Å². The Kier molecular flexibility index (Phi) is 4.43. The van der Waals surface area contributed by atoms with Gasteiger partial charge in [-0.2, -0.15) is 0 Å². The third-order valence-electron chi connectivity index (χ3n) is 0. The number of hydrogen-bond acceptors (Lipinski definition) is 4. The average Bonchev–Trinajstić information content (AvgIpc) is 0.722. The Morgan fingerprint density at radius 3 is 0.833 bits per heavy atom. The van der Waals surface area contributed by atoms with Crippen molar-refractivity contribution in [1.29, 1.82) is 0 Å². The molecule has 0 aromatic rings. The van der Waals surface area contributed by atoms with Gasteiger partial charge in [0.05, 0.1) is 0 Å². The maximum atomic E-state index is 7.33. The Morgan fingerprint density at radius 1 is 0.833 bits per heavy atom. The van der Waals surface area contributed by atoms with E-state index in [-0.39, 0.29) is 17.6 Å². The molecule has 4 nitrogen and oxygen atoms in total. The van der Waals surface area contributed by atoms with E-state index in [0.29, 0.717) is 0 Å². The van der Waals surface area contributed by atoms with Crippen LogP contribution in [0, 0.1) is 0 Å². The minimum absolute atomic E-state index is 0. The summed E-state index contributed by atoms with van der Waals surface area (Å²) < 4.78 is 0. The first-order valence-electron chi connectivity index (χ1n) is 0.894. The third kappa shape index (κ3) is 166. The fraction of sp³-hybridized carbons (Fsp3) is 0. The summed E-state index contributed by atoms with van der Waals surface area (Å²) >= 11 is 0. The Bertz CT molecular complexity index is 23.0. The molecule has 0 aromatic heterocycles. The molecule has 0 unspecified atom stereocenters. The van der Waals surface area contributed by atoms with Crippen LogP contribution >= 0.6 is 0 Å². The van der Waals surface area contributed by atoms with Crippen molar-refractivity contribution >= 4 is 26.6 Å². The zero-order valence-corrected chi connectivity index (χ0v) is 3.29. The van der Waals surface area contributed by atoms with Crippen molar-refractivity contribution in [3.63, 3.8) is 0 Å². The standard InChI is InChI=1S/GeH4.H4O4Si/c;1-5(2,3)4/h1H4;1-4H. The third-order valence-corrected chi connectivity index (χ3v) is 0. The second-order valence-electron chi connectivity index (χ2n) is 0.600. The van der Waals surface area contributed by atoms with Crippen LogP contribution in [0.2, 0.25) is 0 Å². The van der Waals surface area contributed by atoms with E-state index in [9.17, 15) is 0 Å². The number of rotatable bonds is 0. The molecule has 0 aliphatic rings. The van der Waals surface area contributed by atoms with Crippen LogP contribution in [-0.2, 0) is 0 Å². The van der Waals surface area contributed by atoms with Crippen LogP contribution in [0.4, 0.5) is 0 Å². The molecule has 0 atom stereocenters. The van der Waals surface area contributed by atoms with Gasteiger partial charge in [-0.1, -0.05) is 0 Å². The van der Waals surface area contributed by atoms with Crippen molar-refractivity contribution in [2.24, 2.45) is 0 Å². The van der Waals surface area contributed by atoms with Gasteiger partial charge in [0.25, 0.3) is 0 Å². The molecule has 0 heterocycles.